The van der Waals surface area contributed by atoms with E-state index in [1.807, 2.05) is 6.07 Å². The molecule has 0 N–H and O–H groups in total. The molecule has 1 aromatic heterocycles. The third kappa shape index (κ3) is 2.48. The smallest absolute Gasteiger partial charge is 0.180 e. The van der Waals surface area contributed by atoms with Crippen molar-refractivity contribution < 1.29 is 13.5 Å². The van der Waals surface area contributed by atoms with Crippen molar-refractivity contribution in [3.05, 3.63) is 52.1 Å². The molecule has 5 heteroatoms. The Kier molecular flexibility index (Phi) is 3.45. The Morgan fingerprint density at radius 2 is 2.24 bits per heavy atom. The highest BCUT2D eigenvalue weighted by Gasteiger charge is 2.12. The van der Waals surface area contributed by atoms with Crippen molar-refractivity contribution in [1.82, 2.24) is 0 Å². The molecule has 2 aromatic rings. The maximum Gasteiger partial charge on any atom is 0.180 e. The van der Waals surface area contributed by atoms with Gasteiger partial charge in [-0.2, -0.15) is 5.26 Å². The predicted octanol–water partition coefficient (Wildman–Crippen LogP) is 3.63. The molecule has 0 fully saturated rings. The zero-order valence-corrected chi connectivity index (χ0v) is 10.2. The van der Waals surface area contributed by atoms with Gasteiger partial charge in [-0.15, -0.1) is 0 Å². The molecule has 0 spiro atoms. The lowest BCUT2D eigenvalue weighted by molar-refractivity contribution is 0.258. The van der Waals surface area contributed by atoms with Crippen LogP contribution in [0, 0.1) is 17.1 Å². The number of ether oxygens (including phenoxy) is 1. The Hall–Kier alpha value is -1.80. The van der Waals surface area contributed by atoms with E-state index < -0.39 is 5.82 Å². The van der Waals surface area contributed by atoms with Crippen molar-refractivity contribution in [2.24, 2.45) is 0 Å². The van der Waals surface area contributed by atoms with Crippen molar-refractivity contribution in [2.45, 2.75) is 6.61 Å². The van der Waals surface area contributed by atoms with Crippen molar-refractivity contribution in [3.63, 3.8) is 0 Å². The Labute approximate surface area is 106 Å². The summed E-state index contributed by atoms with van der Waals surface area (Å²) < 4.78 is 24.1. The third-order valence-corrected chi connectivity index (χ3v) is 2.89. The molecule has 86 valence electrons. The van der Waals surface area contributed by atoms with E-state index in [-0.39, 0.29) is 22.4 Å². The summed E-state index contributed by atoms with van der Waals surface area (Å²) in [6, 6.07) is 8.24. The summed E-state index contributed by atoms with van der Waals surface area (Å²) in [5.41, 5.74) is 0.229. The van der Waals surface area contributed by atoms with Gasteiger partial charge in [0.15, 0.2) is 11.6 Å². The average Bonchev–Trinajstić information content (AvgIpc) is 2.84. The van der Waals surface area contributed by atoms with E-state index in [0.717, 1.165) is 0 Å². The largest absolute Gasteiger partial charge is 0.483 e. The molecule has 0 saturated carbocycles. The van der Waals surface area contributed by atoms with Gasteiger partial charge in [0.05, 0.1) is 16.3 Å². The first-order valence-corrected chi connectivity index (χ1v) is 5.55. The maximum absolute atomic E-state index is 13.7. The molecule has 0 amide bonds. The van der Waals surface area contributed by atoms with Crippen LogP contribution in [-0.4, -0.2) is 0 Å². The van der Waals surface area contributed by atoms with Gasteiger partial charge in [-0.25, -0.2) is 4.39 Å². The fraction of sp³-hybridized carbons (Fsp3) is 0.0833. The highest BCUT2D eigenvalue weighted by molar-refractivity contribution is 9.10. The second kappa shape index (κ2) is 5.02. The zero-order valence-electron chi connectivity index (χ0n) is 8.61. The first-order chi connectivity index (χ1) is 8.22. The van der Waals surface area contributed by atoms with Crippen molar-refractivity contribution in [2.75, 3.05) is 0 Å². The van der Waals surface area contributed by atoms with Crippen LogP contribution in [0.2, 0.25) is 0 Å². The molecular formula is C12H7BrFNO2. The van der Waals surface area contributed by atoms with Crippen molar-refractivity contribution >= 4 is 15.9 Å². The number of nitriles is 1. The van der Waals surface area contributed by atoms with E-state index in [9.17, 15) is 4.39 Å². The summed E-state index contributed by atoms with van der Waals surface area (Å²) in [4.78, 5) is 0. The van der Waals surface area contributed by atoms with Crippen molar-refractivity contribution in [1.29, 1.82) is 5.26 Å². The van der Waals surface area contributed by atoms with Crippen molar-refractivity contribution in [3.8, 4) is 11.8 Å². The van der Waals surface area contributed by atoms with E-state index in [1.54, 1.807) is 12.1 Å². The van der Waals surface area contributed by atoms with Crippen LogP contribution < -0.4 is 4.74 Å². The number of hydrogen-bond donors (Lipinski definition) is 0. The van der Waals surface area contributed by atoms with E-state index in [4.69, 9.17) is 14.4 Å². The topological polar surface area (TPSA) is 46.2 Å². The third-order valence-electron chi connectivity index (χ3n) is 2.12. The van der Waals surface area contributed by atoms with Crippen LogP contribution in [0.5, 0.6) is 5.75 Å². The van der Waals surface area contributed by atoms with E-state index >= 15 is 0 Å². The van der Waals surface area contributed by atoms with Crippen LogP contribution in [0.1, 0.15) is 11.3 Å². The molecule has 2 rings (SSSR count). The highest BCUT2D eigenvalue weighted by atomic mass is 79.9. The Morgan fingerprint density at radius 1 is 1.41 bits per heavy atom. The summed E-state index contributed by atoms with van der Waals surface area (Å²) >= 11 is 3.01. The average molecular weight is 296 g/mol. The summed E-state index contributed by atoms with van der Waals surface area (Å²) in [6.45, 7) is 0.141. The molecule has 0 aliphatic rings. The summed E-state index contributed by atoms with van der Waals surface area (Å²) in [5, 5.41) is 8.71. The molecule has 0 atom stereocenters. The second-order valence-corrected chi connectivity index (χ2v) is 4.01. The fourth-order valence-corrected chi connectivity index (χ4v) is 1.69. The van der Waals surface area contributed by atoms with Crippen LogP contribution in [-0.2, 0) is 6.61 Å². The van der Waals surface area contributed by atoms with E-state index in [0.29, 0.717) is 5.76 Å². The maximum atomic E-state index is 13.7. The number of nitrogens with zero attached hydrogens (tertiary/aromatic N) is 1. The first-order valence-electron chi connectivity index (χ1n) is 4.75. The highest BCUT2D eigenvalue weighted by Crippen LogP contribution is 2.28. The number of benzene rings is 1. The lowest BCUT2D eigenvalue weighted by Crippen LogP contribution is -1.97. The summed E-state index contributed by atoms with van der Waals surface area (Å²) in [6.07, 6.45) is 1.52. The lowest BCUT2D eigenvalue weighted by atomic mass is 10.2. The molecule has 1 aromatic carbocycles. The first kappa shape index (κ1) is 11.7. The molecule has 0 aliphatic carbocycles. The summed E-state index contributed by atoms with van der Waals surface area (Å²) in [5.74, 6) is 0.0905. The monoisotopic (exact) mass is 295 g/mol. The predicted molar refractivity (Wildman–Crippen MR) is 61.9 cm³/mol. The molecule has 0 bridgehead atoms. The van der Waals surface area contributed by atoms with E-state index in [2.05, 4.69) is 15.9 Å². The van der Waals surface area contributed by atoms with Gasteiger partial charge < -0.3 is 9.15 Å². The number of furan rings is 1. The quantitative estimate of drug-likeness (QED) is 0.868. The molecule has 0 saturated heterocycles. The van der Waals surface area contributed by atoms with Gasteiger partial charge in [-0.3, -0.25) is 0 Å². The standard InChI is InChI=1S/C12H7BrFNO2/c13-11-8(6-15)3-4-10(12(11)14)17-7-9-2-1-5-16-9/h1-5H,7H2. The van der Waals surface area contributed by atoms with Gasteiger partial charge in [0.1, 0.15) is 18.4 Å². The number of rotatable bonds is 3. The van der Waals surface area contributed by atoms with Gasteiger partial charge in [0.25, 0.3) is 0 Å². The van der Waals surface area contributed by atoms with Crippen LogP contribution >= 0.6 is 15.9 Å². The minimum atomic E-state index is -0.587. The van der Waals surface area contributed by atoms with Crippen LogP contribution in [0.3, 0.4) is 0 Å². The molecule has 0 radical (unpaired) electrons. The molecule has 0 unspecified atom stereocenters. The van der Waals surface area contributed by atoms with Gasteiger partial charge in [-0.05, 0) is 40.2 Å². The fourth-order valence-electron chi connectivity index (χ4n) is 1.27. The molecule has 0 aliphatic heterocycles. The molecule has 3 nitrogen and oxygen atoms in total. The Morgan fingerprint density at radius 3 is 2.88 bits per heavy atom. The number of halogens is 2. The lowest BCUT2D eigenvalue weighted by Gasteiger charge is -2.07. The van der Waals surface area contributed by atoms with Gasteiger partial charge >= 0.3 is 0 Å². The Balaban J connectivity index is 2.17. The Bertz CT molecular complexity index is 561. The van der Waals surface area contributed by atoms with Crippen LogP contribution in [0.15, 0.2) is 39.4 Å². The van der Waals surface area contributed by atoms with Gasteiger partial charge in [0.2, 0.25) is 0 Å². The minimum absolute atomic E-state index is 0.0762. The van der Waals surface area contributed by atoms with Gasteiger partial charge in [0, 0.05) is 0 Å². The summed E-state index contributed by atoms with van der Waals surface area (Å²) in [7, 11) is 0. The molecule has 17 heavy (non-hydrogen) atoms. The zero-order chi connectivity index (χ0) is 12.3. The van der Waals surface area contributed by atoms with Crippen LogP contribution in [0.25, 0.3) is 0 Å². The van der Waals surface area contributed by atoms with Crippen LogP contribution in [0.4, 0.5) is 4.39 Å². The normalized spacial score (nSPS) is 9.94. The second-order valence-electron chi connectivity index (χ2n) is 3.22. The van der Waals surface area contributed by atoms with E-state index in [1.165, 1.54) is 18.4 Å². The SMILES string of the molecule is N#Cc1ccc(OCc2ccco2)c(F)c1Br. The molecular weight excluding hydrogens is 289 g/mol. The van der Waals surface area contributed by atoms with Gasteiger partial charge in [-0.1, -0.05) is 0 Å². The number of hydrogen-bond acceptors (Lipinski definition) is 3. The minimum Gasteiger partial charge on any atom is -0.483 e. The molecule has 1 heterocycles.